The Bertz CT molecular complexity index is 811. The summed E-state index contributed by atoms with van der Waals surface area (Å²) < 4.78 is 5.22. The highest BCUT2D eigenvalue weighted by molar-refractivity contribution is 9.10. The molecule has 0 aliphatic carbocycles. The number of methoxy groups -OCH3 is 1. The molecule has 1 amide bonds. The summed E-state index contributed by atoms with van der Waals surface area (Å²) in [6.45, 7) is 0. The van der Waals surface area contributed by atoms with Crippen molar-refractivity contribution in [1.82, 2.24) is 4.98 Å². The van der Waals surface area contributed by atoms with Crippen LogP contribution in [0.4, 0.5) is 5.69 Å². The first-order valence-corrected chi connectivity index (χ1v) is 8.60. The van der Waals surface area contributed by atoms with Crippen LogP contribution in [-0.4, -0.2) is 35.8 Å². The van der Waals surface area contributed by atoms with Crippen LogP contribution in [0.25, 0.3) is 0 Å². The quantitative estimate of drug-likeness (QED) is 0.525. The Hall–Kier alpha value is -2.58. The summed E-state index contributed by atoms with van der Waals surface area (Å²) in [5.41, 5.74) is 6.68. The Balaban J connectivity index is 2.18. The minimum Gasteiger partial charge on any atom is -0.469 e. The van der Waals surface area contributed by atoms with Crippen LogP contribution in [0.3, 0.4) is 0 Å². The van der Waals surface area contributed by atoms with Gasteiger partial charge >= 0.3 is 5.97 Å². The SMILES string of the molecule is COC(=O)CCC(N)C(=O)Nc1cc(Br)ccc1C(=O)c1ccccn1. The van der Waals surface area contributed by atoms with Gasteiger partial charge in [-0.2, -0.15) is 0 Å². The van der Waals surface area contributed by atoms with Gasteiger partial charge in [-0.3, -0.25) is 19.4 Å². The third kappa shape index (κ3) is 5.21. The van der Waals surface area contributed by atoms with Crippen LogP contribution in [0.2, 0.25) is 0 Å². The maximum Gasteiger partial charge on any atom is 0.305 e. The molecule has 26 heavy (non-hydrogen) atoms. The summed E-state index contributed by atoms with van der Waals surface area (Å²) in [5, 5.41) is 2.65. The first-order chi connectivity index (χ1) is 12.4. The number of nitrogens with one attached hydrogen (secondary N) is 1. The molecule has 0 aliphatic heterocycles. The van der Waals surface area contributed by atoms with Gasteiger partial charge in [-0.05, 0) is 36.8 Å². The number of esters is 1. The Morgan fingerprint density at radius 1 is 1.27 bits per heavy atom. The molecule has 1 aromatic carbocycles. The highest BCUT2D eigenvalue weighted by Crippen LogP contribution is 2.24. The third-order valence-corrected chi connectivity index (χ3v) is 4.10. The lowest BCUT2D eigenvalue weighted by Crippen LogP contribution is -2.36. The van der Waals surface area contributed by atoms with E-state index in [1.165, 1.54) is 13.3 Å². The van der Waals surface area contributed by atoms with E-state index in [-0.39, 0.29) is 24.3 Å². The van der Waals surface area contributed by atoms with Gasteiger partial charge in [0.2, 0.25) is 11.7 Å². The molecule has 0 fully saturated rings. The zero-order valence-corrected chi connectivity index (χ0v) is 15.7. The van der Waals surface area contributed by atoms with Gasteiger partial charge in [-0.25, -0.2) is 0 Å². The Labute approximate surface area is 159 Å². The molecule has 1 atom stereocenters. The van der Waals surface area contributed by atoms with Crippen molar-refractivity contribution < 1.29 is 19.1 Å². The number of hydrogen-bond donors (Lipinski definition) is 2. The Morgan fingerprint density at radius 2 is 2.04 bits per heavy atom. The van der Waals surface area contributed by atoms with E-state index < -0.39 is 17.9 Å². The average Bonchev–Trinajstić information content (AvgIpc) is 2.66. The van der Waals surface area contributed by atoms with Crippen LogP contribution in [0, 0.1) is 0 Å². The molecular formula is C18H18BrN3O4. The lowest BCUT2D eigenvalue weighted by molar-refractivity contribution is -0.140. The summed E-state index contributed by atoms with van der Waals surface area (Å²) in [4.78, 5) is 40.2. The van der Waals surface area contributed by atoms with Gasteiger partial charge in [0, 0.05) is 22.7 Å². The van der Waals surface area contributed by atoms with Crippen molar-refractivity contribution in [3.8, 4) is 0 Å². The minimum absolute atomic E-state index is 0.0310. The molecular weight excluding hydrogens is 402 g/mol. The number of carbonyl (C=O) groups excluding carboxylic acids is 3. The van der Waals surface area contributed by atoms with E-state index in [1.807, 2.05) is 0 Å². The zero-order valence-electron chi connectivity index (χ0n) is 14.1. The van der Waals surface area contributed by atoms with Gasteiger partial charge in [-0.1, -0.05) is 22.0 Å². The summed E-state index contributed by atoms with van der Waals surface area (Å²) in [7, 11) is 1.27. The molecule has 1 aromatic heterocycles. The zero-order chi connectivity index (χ0) is 19.1. The fourth-order valence-electron chi connectivity index (χ4n) is 2.18. The molecule has 0 aliphatic rings. The number of nitrogens with two attached hydrogens (primary N) is 1. The van der Waals surface area contributed by atoms with E-state index in [0.717, 1.165) is 0 Å². The molecule has 1 heterocycles. The van der Waals surface area contributed by atoms with E-state index in [0.29, 0.717) is 15.7 Å². The van der Waals surface area contributed by atoms with Crippen LogP contribution >= 0.6 is 15.9 Å². The van der Waals surface area contributed by atoms with E-state index in [9.17, 15) is 14.4 Å². The number of benzene rings is 1. The van der Waals surface area contributed by atoms with Crippen LogP contribution in [0.1, 0.15) is 28.9 Å². The molecule has 7 nitrogen and oxygen atoms in total. The van der Waals surface area contributed by atoms with E-state index >= 15 is 0 Å². The minimum atomic E-state index is -0.911. The molecule has 0 spiro atoms. The third-order valence-electron chi connectivity index (χ3n) is 3.61. The monoisotopic (exact) mass is 419 g/mol. The highest BCUT2D eigenvalue weighted by Gasteiger charge is 2.20. The van der Waals surface area contributed by atoms with Crippen LogP contribution in [0.5, 0.6) is 0 Å². The molecule has 0 bridgehead atoms. The predicted molar refractivity (Wildman–Crippen MR) is 99.7 cm³/mol. The molecule has 1 unspecified atom stereocenters. The lowest BCUT2D eigenvalue weighted by atomic mass is 10.0. The molecule has 0 saturated heterocycles. The fourth-order valence-corrected chi connectivity index (χ4v) is 2.55. The number of amides is 1. The number of halogens is 1. The fraction of sp³-hybridized carbons (Fsp3) is 0.222. The summed E-state index contributed by atoms with van der Waals surface area (Å²) >= 11 is 3.32. The number of pyridine rings is 1. The second-order valence-corrected chi connectivity index (χ2v) is 6.36. The summed E-state index contributed by atoms with van der Waals surface area (Å²) in [6, 6.07) is 9.01. The summed E-state index contributed by atoms with van der Waals surface area (Å²) in [5.74, 6) is -1.26. The number of ether oxygens (including phenoxy) is 1. The van der Waals surface area contributed by atoms with Crippen LogP contribution in [0.15, 0.2) is 47.1 Å². The van der Waals surface area contributed by atoms with Gasteiger partial charge < -0.3 is 15.8 Å². The predicted octanol–water partition coefficient (Wildman–Crippen LogP) is 2.29. The largest absolute Gasteiger partial charge is 0.469 e. The van der Waals surface area contributed by atoms with Crippen molar-refractivity contribution in [3.05, 3.63) is 58.3 Å². The maximum atomic E-state index is 12.7. The second-order valence-electron chi connectivity index (χ2n) is 5.44. The smallest absolute Gasteiger partial charge is 0.305 e. The van der Waals surface area contributed by atoms with E-state index in [4.69, 9.17) is 5.73 Å². The number of rotatable bonds is 7. The number of hydrogen-bond acceptors (Lipinski definition) is 6. The van der Waals surface area contributed by atoms with Crippen molar-refractivity contribution in [3.63, 3.8) is 0 Å². The average molecular weight is 420 g/mol. The molecule has 8 heteroatoms. The standard InChI is InChI=1S/C18H18BrN3O4/c1-26-16(23)8-7-13(20)18(25)22-15-10-11(19)5-6-12(15)17(24)14-4-2-3-9-21-14/h2-6,9-10,13H,7-8,20H2,1H3,(H,22,25). The molecule has 0 saturated carbocycles. The van der Waals surface area contributed by atoms with Gasteiger partial charge in [0.25, 0.3) is 0 Å². The number of anilines is 1. The van der Waals surface area contributed by atoms with Crippen LogP contribution < -0.4 is 11.1 Å². The first kappa shape index (κ1) is 19.7. The highest BCUT2D eigenvalue weighted by atomic mass is 79.9. The van der Waals surface area contributed by atoms with E-state index in [1.54, 1.807) is 36.4 Å². The molecule has 2 aromatic rings. The van der Waals surface area contributed by atoms with Gasteiger partial charge in [0.1, 0.15) is 5.69 Å². The topological polar surface area (TPSA) is 111 Å². The van der Waals surface area contributed by atoms with E-state index in [2.05, 4.69) is 31.0 Å². The Kier molecular flexibility index (Phi) is 6.99. The van der Waals surface area contributed by atoms with Crippen molar-refractivity contribution in [1.29, 1.82) is 0 Å². The van der Waals surface area contributed by atoms with Gasteiger partial charge in [0.05, 0.1) is 18.8 Å². The number of aromatic nitrogens is 1. The first-order valence-electron chi connectivity index (χ1n) is 7.81. The molecule has 0 radical (unpaired) electrons. The van der Waals surface area contributed by atoms with Crippen molar-refractivity contribution in [2.45, 2.75) is 18.9 Å². The van der Waals surface area contributed by atoms with Crippen molar-refractivity contribution >= 4 is 39.3 Å². The molecule has 136 valence electrons. The van der Waals surface area contributed by atoms with Crippen molar-refractivity contribution in [2.75, 3.05) is 12.4 Å². The number of nitrogens with zero attached hydrogens (tertiary/aromatic N) is 1. The Morgan fingerprint density at radius 3 is 2.69 bits per heavy atom. The number of carbonyl (C=O) groups is 3. The maximum absolute atomic E-state index is 12.7. The lowest BCUT2D eigenvalue weighted by Gasteiger charge is -2.14. The molecule has 2 rings (SSSR count). The van der Waals surface area contributed by atoms with Crippen molar-refractivity contribution in [2.24, 2.45) is 5.73 Å². The second kappa shape index (κ2) is 9.21. The normalized spacial score (nSPS) is 11.5. The van der Waals surface area contributed by atoms with Gasteiger partial charge in [0.15, 0.2) is 0 Å². The van der Waals surface area contributed by atoms with Gasteiger partial charge in [-0.15, -0.1) is 0 Å². The molecule has 3 N–H and O–H groups in total. The van der Waals surface area contributed by atoms with Crippen LogP contribution in [-0.2, 0) is 14.3 Å². The number of ketones is 1. The summed E-state index contributed by atoms with van der Waals surface area (Å²) in [6.07, 6.45) is 1.69.